The van der Waals surface area contributed by atoms with Gasteiger partial charge in [0.15, 0.2) is 6.61 Å². The van der Waals surface area contributed by atoms with Gasteiger partial charge in [0.25, 0.3) is 5.91 Å². The Labute approximate surface area is 117 Å². The van der Waals surface area contributed by atoms with Gasteiger partial charge in [-0.15, -0.1) is 12.4 Å². The van der Waals surface area contributed by atoms with Crippen LogP contribution in [0, 0.1) is 0 Å². The third-order valence-electron chi connectivity index (χ3n) is 2.74. The summed E-state index contributed by atoms with van der Waals surface area (Å²) in [7, 11) is 0. The SMILES string of the molecule is Cl.N[C@H]1CCN(C(=O)COc2cccc(Cl)c2)C1. The molecule has 0 spiro atoms. The number of amides is 1. The normalized spacial score (nSPS) is 18.3. The molecule has 0 radical (unpaired) electrons. The minimum atomic E-state index is -0.0297. The first-order valence-electron chi connectivity index (χ1n) is 5.57. The second-order valence-electron chi connectivity index (χ2n) is 4.13. The highest BCUT2D eigenvalue weighted by molar-refractivity contribution is 6.30. The first-order valence-corrected chi connectivity index (χ1v) is 5.94. The predicted octanol–water partition coefficient (Wildman–Crippen LogP) is 1.70. The molecule has 1 saturated heterocycles. The first kappa shape index (κ1) is 15.1. The fourth-order valence-corrected chi connectivity index (χ4v) is 1.99. The molecule has 1 fully saturated rings. The molecule has 0 bridgehead atoms. The summed E-state index contributed by atoms with van der Waals surface area (Å²) in [6.45, 7) is 1.38. The van der Waals surface area contributed by atoms with E-state index in [4.69, 9.17) is 22.1 Å². The Morgan fingerprint density at radius 3 is 2.94 bits per heavy atom. The summed E-state index contributed by atoms with van der Waals surface area (Å²) in [5.41, 5.74) is 5.74. The Kier molecular flexibility index (Phi) is 5.72. The standard InChI is InChI=1S/C12H15ClN2O2.ClH/c13-9-2-1-3-11(6-9)17-8-12(16)15-5-4-10(14)7-15;/h1-3,6,10H,4-5,7-8,14H2;1H/t10-;/m0./s1. The van der Waals surface area contributed by atoms with E-state index >= 15 is 0 Å². The van der Waals surface area contributed by atoms with Crippen molar-refractivity contribution in [3.63, 3.8) is 0 Å². The van der Waals surface area contributed by atoms with Gasteiger partial charge in [0.05, 0.1) is 0 Å². The highest BCUT2D eigenvalue weighted by Crippen LogP contribution is 2.17. The van der Waals surface area contributed by atoms with Gasteiger partial charge in [-0.05, 0) is 24.6 Å². The van der Waals surface area contributed by atoms with Gasteiger partial charge in [-0.3, -0.25) is 4.79 Å². The molecule has 1 aromatic rings. The lowest BCUT2D eigenvalue weighted by atomic mass is 10.3. The number of carbonyl (C=O) groups is 1. The van der Waals surface area contributed by atoms with Crippen LogP contribution < -0.4 is 10.5 Å². The van der Waals surface area contributed by atoms with Crippen molar-refractivity contribution in [2.45, 2.75) is 12.5 Å². The van der Waals surface area contributed by atoms with Crippen LogP contribution in [0.15, 0.2) is 24.3 Å². The molecule has 1 amide bonds. The van der Waals surface area contributed by atoms with E-state index < -0.39 is 0 Å². The van der Waals surface area contributed by atoms with Crippen LogP contribution in [0.5, 0.6) is 5.75 Å². The number of carbonyl (C=O) groups excluding carboxylic acids is 1. The Bertz CT molecular complexity index is 415. The molecule has 0 aliphatic carbocycles. The molecule has 1 aromatic carbocycles. The lowest BCUT2D eigenvalue weighted by Crippen LogP contribution is -2.35. The molecule has 100 valence electrons. The maximum absolute atomic E-state index is 11.8. The van der Waals surface area contributed by atoms with Crippen molar-refractivity contribution >= 4 is 29.9 Å². The highest BCUT2D eigenvalue weighted by atomic mass is 35.5. The summed E-state index contributed by atoms with van der Waals surface area (Å²) < 4.78 is 5.38. The van der Waals surface area contributed by atoms with Crippen LogP contribution in [0.4, 0.5) is 0 Å². The van der Waals surface area contributed by atoms with Gasteiger partial charge in [-0.25, -0.2) is 0 Å². The van der Waals surface area contributed by atoms with Crippen molar-refractivity contribution < 1.29 is 9.53 Å². The van der Waals surface area contributed by atoms with Crippen molar-refractivity contribution in [2.75, 3.05) is 19.7 Å². The summed E-state index contributed by atoms with van der Waals surface area (Å²) >= 11 is 5.81. The van der Waals surface area contributed by atoms with Gasteiger partial charge < -0.3 is 15.4 Å². The smallest absolute Gasteiger partial charge is 0.260 e. The number of benzene rings is 1. The molecule has 1 aliphatic rings. The van der Waals surface area contributed by atoms with Crippen molar-refractivity contribution in [1.82, 2.24) is 4.90 Å². The number of hydrogen-bond acceptors (Lipinski definition) is 3. The zero-order chi connectivity index (χ0) is 12.3. The van der Waals surface area contributed by atoms with Gasteiger partial charge in [-0.1, -0.05) is 17.7 Å². The fraction of sp³-hybridized carbons (Fsp3) is 0.417. The van der Waals surface area contributed by atoms with Crippen LogP contribution in [0.3, 0.4) is 0 Å². The first-order chi connectivity index (χ1) is 8.15. The van der Waals surface area contributed by atoms with Crippen LogP contribution in [-0.2, 0) is 4.79 Å². The summed E-state index contributed by atoms with van der Waals surface area (Å²) in [6.07, 6.45) is 0.864. The van der Waals surface area contributed by atoms with Gasteiger partial charge in [0.2, 0.25) is 0 Å². The molecular weight excluding hydrogens is 275 g/mol. The van der Waals surface area contributed by atoms with E-state index in [1.165, 1.54) is 0 Å². The molecule has 18 heavy (non-hydrogen) atoms. The Morgan fingerprint density at radius 1 is 1.56 bits per heavy atom. The van der Waals surface area contributed by atoms with Crippen LogP contribution in [0.2, 0.25) is 5.02 Å². The third-order valence-corrected chi connectivity index (χ3v) is 2.97. The van der Waals surface area contributed by atoms with Crippen molar-refractivity contribution in [3.05, 3.63) is 29.3 Å². The molecular formula is C12H16Cl2N2O2. The largest absolute Gasteiger partial charge is 0.484 e. The van der Waals surface area contributed by atoms with Crippen molar-refractivity contribution in [3.8, 4) is 5.75 Å². The van der Waals surface area contributed by atoms with E-state index in [9.17, 15) is 4.79 Å². The molecule has 1 aliphatic heterocycles. The average Bonchev–Trinajstić information content (AvgIpc) is 2.73. The second-order valence-corrected chi connectivity index (χ2v) is 4.57. The van der Waals surface area contributed by atoms with Crippen molar-refractivity contribution in [2.24, 2.45) is 5.73 Å². The second kappa shape index (κ2) is 6.83. The lowest BCUT2D eigenvalue weighted by molar-refractivity contribution is -0.132. The summed E-state index contributed by atoms with van der Waals surface area (Å²) in [5.74, 6) is 0.576. The van der Waals surface area contributed by atoms with Gasteiger partial charge in [0, 0.05) is 24.2 Å². The number of nitrogens with two attached hydrogens (primary N) is 1. The van der Waals surface area contributed by atoms with E-state index in [0.29, 0.717) is 17.3 Å². The minimum Gasteiger partial charge on any atom is -0.484 e. The number of nitrogens with zero attached hydrogens (tertiary/aromatic N) is 1. The molecule has 4 nitrogen and oxygen atoms in total. The number of hydrogen-bond donors (Lipinski definition) is 1. The summed E-state index contributed by atoms with van der Waals surface area (Å²) in [5, 5.41) is 0.596. The maximum atomic E-state index is 11.8. The number of likely N-dealkylation sites (tertiary alicyclic amines) is 1. The Hall–Kier alpha value is -0.970. The summed E-state index contributed by atoms with van der Waals surface area (Å²) in [6, 6.07) is 7.11. The molecule has 2 N–H and O–H groups in total. The van der Waals surface area contributed by atoms with E-state index in [2.05, 4.69) is 0 Å². The summed E-state index contributed by atoms with van der Waals surface area (Å²) in [4.78, 5) is 13.5. The highest BCUT2D eigenvalue weighted by Gasteiger charge is 2.23. The van der Waals surface area contributed by atoms with E-state index in [1.54, 1.807) is 29.2 Å². The lowest BCUT2D eigenvalue weighted by Gasteiger charge is -2.16. The number of rotatable bonds is 3. The van der Waals surface area contributed by atoms with Crippen molar-refractivity contribution in [1.29, 1.82) is 0 Å². The van der Waals surface area contributed by atoms with Gasteiger partial charge >= 0.3 is 0 Å². The number of halogens is 2. The molecule has 6 heteroatoms. The molecule has 1 atom stereocenters. The number of ether oxygens (including phenoxy) is 1. The molecule has 0 saturated carbocycles. The Balaban J connectivity index is 0.00000162. The van der Waals surface area contributed by atoms with Crippen LogP contribution in [-0.4, -0.2) is 36.5 Å². The maximum Gasteiger partial charge on any atom is 0.260 e. The zero-order valence-corrected chi connectivity index (χ0v) is 11.4. The fourth-order valence-electron chi connectivity index (χ4n) is 1.81. The topological polar surface area (TPSA) is 55.6 Å². The molecule has 1 heterocycles. The zero-order valence-electron chi connectivity index (χ0n) is 9.84. The molecule has 0 unspecified atom stereocenters. The average molecular weight is 291 g/mol. The minimum absolute atomic E-state index is 0. The monoisotopic (exact) mass is 290 g/mol. The van der Waals surface area contributed by atoms with Gasteiger partial charge in [0.1, 0.15) is 5.75 Å². The van der Waals surface area contributed by atoms with Gasteiger partial charge in [-0.2, -0.15) is 0 Å². The van der Waals surface area contributed by atoms with E-state index in [1.807, 2.05) is 0 Å². The van der Waals surface area contributed by atoms with Crippen LogP contribution in [0.1, 0.15) is 6.42 Å². The van der Waals surface area contributed by atoms with Crippen LogP contribution in [0.25, 0.3) is 0 Å². The van der Waals surface area contributed by atoms with E-state index in [-0.39, 0.29) is 31.0 Å². The predicted molar refractivity (Wildman–Crippen MR) is 73.4 cm³/mol. The molecule has 2 rings (SSSR count). The van der Waals surface area contributed by atoms with Crippen LogP contribution >= 0.6 is 24.0 Å². The Morgan fingerprint density at radius 2 is 2.33 bits per heavy atom. The molecule has 0 aromatic heterocycles. The third kappa shape index (κ3) is 4.05. The quantitative estimate of drug-likeness (QED) is 0.922. The van der Waals surface area contributed by atoms with E-state index in [0.717, 1.165) is 13.0 Å².